The van der Waals surface area contributed by atoms with E-state index in [0.29, 0.717) is 18.0 Å². The SMILES string of the molecule is Cc1ccc(COc2cccc(/C=C(\C#N)C(=O)Nc3ccccc3)c2)cc1. The van der Waals surface area contributed by atoms with Gasteiger partial charge in [0.25, 0.3) is 5.91 Å². The predicted molar refractivity (Wildman–Crippen MR) is 111 cm³/mol. The number of nitrogens with one attached hydrogen (secondary N) is 1. The van der Waals surface area contributed by atoms with Gasteiger partial charge in [-0.3, -0.25) is 4.79 Å². The van der Waals surface area contributed by atoms with Crippen LogP contribution in [0, 0.1) is 18.3 Å². The first-order valence-electron chi connectivity index (χ1n) is 8.90. The summed E-state index contributed by atoms with van der Waals surface area (Å²) in [6.07, 6.45) is 1.55. The summed E-state index contributed by atoms with van der Waals surface area (Å²) in [4.78, 5) is 12.3. The molecule has 0 spiro atoms. The second-order valence-electron chi connectivity index (χ2n) is 6.34. The highest BCUT2D eigenvalue weighted by molar-refractivity contribution is 6.09. The molecule has 0 aliphatic carbocycles. The van der Waals surface area contributed by atoms with Crippen LogP contribution in [0.1, 0.15) is 16.7 Å². The number of nitriles is 1. The third-order valence-electron chi connectivity index (χ3n) is 4.09. The van der Waals surface area contributed by atoms with Crippen LogP contribution in [0.25, 0.3) is 6.08 Å². The number of para-hydroxylation sites is 1. The number of aryl methyl sites for hydroxylation is 1. The molecule has 0 unspecified atom stereocenters. The van der Waals surface area contributed by atoms with E-state index in [2.05, 4.69) is 5.32 Å². The highest BCUT2D eigenvalue weighted by Gasteiger charge is 2.09. The van der Waals surface area contributed by atoms with Crippen LogP contribution in [0.15, 0.2) is 84.4 Å². The number of rotatable bonds is 6. The molecule has 138 valence electrons. The molecule has 3 rings (SSSR count). The van der Waals surface area contributed by atoms with E-state index in [4.69, 9.17) is 4.74 Å². The number of anilines is 1. The first-order valence-corrected chi connectivity index (χ1v) is 8.90. The molecule has 0 fully saturated rings. The molecule has 1 N–H and O–H groups in total. The molecule has 3 aromatic carbocycles. The monoisotopic (exact) mass is 368 g/mol. The second-order valence-corrected chi connectivity index (χ2v) is 6.34. The van der Waals surface area contributed by atoms with Crippen molar-refractivity contribution in [3.63, 3.8) is 0 Å². The van der Waals surface area contributed by atoms with E-state index in [1.54, 1.807) is 24.3 Å². The Morgan fingerprint density at radius 2 is 1.79 bits per heavy atom. The van der Waals surface area contributed by atoms with Gasteiger partial charge < -0.3 is 10.1 Å². The fourth-order valence-electron chi connectivity index (χ4n) is 2.58. The van der Waals surface area contributed by atoms with Gasteiger partial charge in [-0.25, -0.2) is 0 Å². The van der Waals surface area contributed by atoms with Crippen LogP contribution in [-0.4, -0.2) is 5.91 Å². The lowest BCUT2D eigenvalue weighted by molar-refractivity contribution is -0.112. The molecule has 0 heterocycles. The number of carbonyl (C=O) groups is 1. The quantitative estimate of drug-likeness (QED) is 0.485. The number of ether oxygens (including phenoxy) is 1. The Hall–Kier alpha value is -3.84. The van der Waals surface area contributed by atoms with Gasteiger partial charge in [-0.1, -0.05) is 60.2 Å². The van der Waals surface area contributed by atoms with Gasteiger partial charge in [0, 0.05) is 5.69 Å². The maximum Gasteiger partial charge on any atom is 0.266 e. The van der Waals surface area contributed by atoms with Gasteiger partial charge in [-0.2, -0.15) is 5.26 Å². The molecule has 0 aliphatic rings. The van der Waals surface area contributed by atoms with Crippen LogP contribution in [0.4, 0.5) is 5.69 Å². The van der Waals surface area contributed by atoms with Gasteiger partial charge in [-0.15, -0.1) is 0 Å². The number of amides is 1. The Bertz CT molecular complexity index is 1020. The maximum atomic E-state index is 12.3. The Labute approximate surface area is 164 Å². The summed E-state index contributed by atoms with van der Waals surface area (Å²) >= 11 is 0. The molecule has 0 aromatic heterocycles. The molecule has 0 atom stereocenters. The van der Waals surface area contributed by atoms with Crippen molar-refractivity contribution >= 4 is 17.7 Å². The van der Waals surface area contributed by atoms with Gasteiger partial charge >= 0.3 is 0 Å². The Morgan fingerprint density at radius 3 is 2.50 bits per heavy atom. The van der Waals surface area contributed by atoms with Crippen molar-refractivity contribution in [2.24, 2.45) is 0 Å². The Morgan fingerprint density at radius 1 is 1.04 bits per heavy atom. The fourth-order valence-corrected chi connectivity index (χ4v) is 2.58. The van der Waals surface area contributed by atoms with Crippen molar-refractivity contribution in [2.75, 3.05) is 5.32 Å². The van der Waals surface area contributed by atoms with E-state index in [0.717, 1.165) is 11.1 Å². The van der Waals surface area contributed by atoms with Crippen LogP contribution >= 0.6 is 0 Å². The number of benzene rings is 3. The van der Waals surface area contributed by atoms with Crippen LogP contribution in [-0.2, 0) is 11.4 Å². The lowest BCUT2D eigenvalue weighted by atomic mass is 10.1. The van der Waals surface area contributed by atoms with Crippen molar-refractivity contribution < 1.29 is 9.53 Å². The molecular weight excluding hydrogens is 348 g/mol. The van der Waals surface area contributed by atoms with Crippen molar-refractivity contribution in [1.29, 1.82) is 5.26 Å². The van der Waals surface area contributed by atoms with Crippen molar-refractivity contribution in [2.45, 2.75) is 13.5 Å². The molecule has 4 heteroatoms. The van der Waals surface area contributed by atoms with Gasteiger partial charge in [0.1, 0.15) is 24.0 Å². The summed E-state index contributed by atoms with van der Waals surface area (Å²) in [5.41, 5.74) is 3.67. The van der Waals surface area contributed by atoms with Gasteiger partial charge in [0.2, 0.25) is 0 Å². The molecule has 0 radical (unpaired) electrons. The average Bonchev–Trinajstić information content (AvgIpc) is 2.72. The van der Waals surface area contributed by atoms with Crippen LogP contribution < -0.4 is 10.1 Å². The van der Waals surface area contributed by atoms with E-state index >= 15 is 0 Å². The van der Waals surface area contributed by atoms with Crippen molar-refractivity contribution in [3.8, 4) is 11.8 Å². The average molecular weight is 368 g/mol. The van der Waals surface area contributed by atoms with E-state index in [1.165, 1.54) is 5.56 Å². The molecule has 0 saturated heterocycles. The lowest BCUT2D eigenvalue weighted by Gasteiger charge is -2.08. The molecule has 3 aromatic rings. The number of hydrogen-bond donors (Lipinski definition) is 1. The number of hydrogen-bond acceptors (Lipinski definition) is 3. The zero-order valence-electron chi connectivity index (χ0n) is 15.6. The Kier molecular flexibility index (Phi) is 6.22. The topological polar surface area (TPSA) is 62.1 Å². The standard InChI is InChI=1S/C24H20N2O2/c1-18-10-12-19(13-11-18)17-28-23-9-5-6-20(15-23)14-21(16-25)24(27)26-22-7-3-2-4-8-22/h2-15H,17H2,1H3,(H,26,27)/b21-14+. The summed E-state index contributed by atoms with van der Waals surface area (Å²) in [5.74, 6) is 0.231. The fraction of sp³-hybridized carbons (Fsp3) is 0.0833. The lowest BCUT2D eigenvalue weighted by Crippen LogP contribution is -2.13. The van der Waals surface area contributed by atoms with E-state index in [1.807, 2.05) is 73.7 Å². The smallest absolute Gasteiger partial charge is 0.266 e. The minimum Gasteiger partial charge on any atom is -0.489 e. The predicted octanol–water partition coefficient (Wildman–Crippen LogP) is 5.12. The zero-order chi connectivity index (χ0) is 19.8. The highest BCUT2D eigenvalue weighted by Crippen LogP contribution is 2.18. The normalized spacial score (nSPS) is 10.8. The molecule has 4 nitrogen and oxygen atoms in total. The minimum absolute atomic E-state index is 0.0273. The van der Waals surface area contributed by atoms with Gasteiger partial charge in [-0.05, 0) is 48.4 Å². The molecule has 1 amide bonds. The second kappa shape index (κ2) is 9.20. The molecule has 0 bridgehead atoms. The van der Waals surface area contributed by atoms with Crippen LogP contribution in [0.5, 0.6) is 5.75 Å². The van der Waals surface area contributed by atoms with E-state index in [-0.39, 0.29) is 5.57 Å². The minimum atomic E-state index is -0.445. The largest absolute Gasteiger partial charge is 0.489 e. The van der Waals surface area contributed by atoms with Gasteiger partial charge in [0.15, 0.2) is 0 Å². The summed E-state index contributed by atoms with van der Waals surface area (Å²) in [5, 5.41) is 12.1. The first-order chi connectivity index (χ1) is 13.6. The third-order valence-corrected chi connectivity index (χ3v) is 4.09. The number of carbonyl (C=O) groups excluding carboxylic acids is 1. The summed E-state index contributed by atoms with van der Waals surface area (Å²) in [6.45, 7) is 2.49. The van der Waals surface area contributed by atoms with Crippen LogP contribution in [0.2, 0.25) is 0 Å². The summed E-state index contributed by atoms with van der Waals surface area (Å²) in [6, 6.07) is 26.5. The van der Waals surface area contributed by atoms with Gasteiger partial charge in [0.05, 0.1) is 0 Å². The molecule has 0 aliphatic heterocycles. The summed E-state index contributed by atoms with van der Waals surface area (Å²) < 4.78 is 5.83. The first kappa shape index (κ1) is 18.9. The van der Waals surface area contributed by atoms with E-state index < -0.39 is 5.91 Å². The third kappa shape index (κ3) is 5.33. The van der Waals surface area contributed by atoms with Crippen molar-refractivity contribution in [3.05, 3.63) is 101 Å². The molecular formula is C24H20N2O2. The maximum absolute atomic E-state index is 12.3. The molecule has 28 heavy (non-hydrogen) atoms. The summed E-state index contributed by atoms with van der Waals surface area (Å²) in [7, 11) is 0. The zero-order valence-corrected chi connectivity index (χ0v) is 15.6. The van der Waals surface area contributed by atoms with Crippen molar-refractivity contribution in [1.82, 2.24) is 0 Å². The Balaban J connectivity index is 1.69. The van der Waals surface area contributed by atoms with E-state index in [9.17, 15) is 10.1 Å². The number of nitrogens with zero attached hydrogens (tertiary/aromatic N) is 1. The highest BCUT2D eigenvalue weighted by atomic mass is 16.5. The van der Waals surface area contributed by atoms with Crippen LogP contribution in [0.3, 0.4) is 0 Å². The molecule has 0 saturated carbocycles.